The minimum absolute atomic E-state index is 0.0571. The first kappa shape index (κ1) is 9.35. The summed E-state index contributed by atoms with van der Waals surface area (Å²) in [6.07, 6.45) is -0.494. The summed E-state index contributed by atoms with van der Waals surface area (Å²) in [6.45, 7) is -6.82. The molecule has 1 saturated heterocycles. The third-order valence-corrected chi connectivity index (χ3v) is 5.19. The van der Waals surface area contributed by atoms with Crippen molar-refractivity contribution in [2.45, 2.75) is 18.5 Å². The van der Waals surface area contributed by atoms with Crippen LogP contribution in [0.4, 0.5) is 0 Å². The van der Waals surface area contributed by atoms with E-state index in [1.807, 2.05) is 0 Å². The molecule has 1 fully saturated rings. The Morgan fingerprint density at radius 2 is 2.14 bits per heavy atom. The zero-order valence-corrected chi connectivity index (χ0v) is 14.8. The number of nitrogens with one attached hydrogen (secondary N) is 1. The van der Waals surface area contributed by atoms with Gasteiger partial charge in [-0.15, -0.1) is 0 Å². The lowest BCUT2D eigenvalue weighted by Gasteiger charge is -2.46. The lowest BCUT2D eigenvalue weighted by Crippen LogP contribution is -2.62. The van der Waals surface area contributed by atoms with Crippen LogP contribution >= 0.6 is 0 Å². The molecule has 0 unspecified atom stereocenters. The van der Waals surface area contributed by atoms with Crippen LogP contribution in [0.1, 0.15) is 36.5 Å². The van der Waals surface area contributed by atoms with Crippen LogP contribution in [0.15, 0.2) is 42.4 Å². The number of piperazine rings is 1. The summed E-state index contributed by atoms with van der Waals surface area (Å²) in [5.41, 5.74) is -0.0198. The van der Waals surface area contributed by atoms with Crippen molar-refractivity contribution in [3.63, 3.8) is 0 Å². The molecule has 1 N–H and O–H groups in total. The topological polar surface area (TPSA) is 74.9 Å². The molecule has 146 valence electrons. The largest absolute Gasteiger partial charge is 0.454 e. The van der Waals surface area contributed by atoms with Crippen LogP contribution in [0.25, 0.3) is 10.9 Å². The molecule has 2 amide bonds. The van der Waals surface area contributed by atoms with Crippen molar-refractivity contribution in [2.75, 3.05) is 20.3 Å². The molecular formula is C22H19N3O4. The fourth-order valence-corrected chi connectivity index (χ4v) is 3.94. The summed E-state index contributed by atoms with van der Waals surface area (Å²) in [5, 5.41) is 0.475. The van der Waals surface area contributed by atoms with Crippen molar-refractivity contribution in [3.8, 4) is 11.5 Å². The number of aromatic nitrogens is 1. The van der Waals surface area contributed by atoms with Crippen molar-refractivity contribution in [1.29, 1.82) is 0 Å². The SMILES string of the molecule is [2H]c1c([2H])c([C@]2([2H])c3[nH]c4ccccc4c3C[C@]3([2H])C(=O)N(C([2H])([2H])[2H])CC(=O)N23)c([2H])c2c1OC([2H])([2H])O2. The lowest BCUT2D eigenvalue weighted by molar-refractivity contribution is -0.157. The van der Waals surface area contributed by atoms with E-state index in [1.54, 1.807) is 24.3 Å². The summed E-state index contributed by atoms with van der Waals surface area (Å²) < 4.78 is 93.7. The molecule has 6 rings (SSSR count). The zero-order valence-electron chi connectivity index (χ0n) is 24.8. The van der Waals surface area contributed by atoms with Crippen LogP contribution in [0.2, 0.25) is 0 Å². The molecule has 3 aliphatic heterocycles. The van der Waals surface area contributed by atoms with E-state index >= 15 is 0 Å². The molecule has 0 saturated carbocycles. The predicted molar refractivity (Wildman–Crippen MR) is 105 cm³/mol. The second-order valence-electron chi connectivity index (χ2n) is 6.81. The number of benzene rings is 2. The Labute approximate surface area is 180 Å². The number of hydrogen-bond donors (Lipinski definition) is 1. The second kappa shape index (κ2) is 5.76. The van der Waals surface area contributed by atoms with Crippen LogP contribution in [-0.2, 0) is 16.0 Å². The Morgan fingerprint density at radius 3 is 3.03 bits per heavy atom. The smallest absolute Gasteiger partial charge is 0.245 e. The monoisotopic (exact) mass is 399 g/mol. The Bertz CT molecular complexity index is 1620. The van der Waals surface area contributed by atoms with Crippen molar-refractivity contribution in [3.05, 3.63) is 59.2 Å². The van der Waals surface area contributed by atoms with Crippen LogP contribution < -0.4 is 9.47 Å². The van der Waals surface area contributed by atoms with Gasteiger partial charge in [0.25, 0.3) is 0 Å². The molecule has 1 aromatic heterocycles. The van der Waals surface area contributed by atoms with E-state index in [0.29, 0.717) is 20.7 Å². The highest BCUT2D eigenvalue weighted by Crippen LogP contribution is 2.44. The number of carbonyl (C=O) groups excluding carboxylic acids is 2. The summed E-state index contributed by atoms with van der Waals surface area (Å²) in [5.74, 6) is -3.49. The molecule has 29 heavy (non-hydrogen) atoms. The van der Waals surface area contributed by atoms with Gasteiger partial charge in [0.15, 0.2) is 11.5 Å². The molecular weight excluding hydrogens is 370 g/mol. The standard InChI is InChI=1S/C22H19N3O4/c1-24-10-19(26)25-16(22(24)27)9-14-13-4-2-3-5-15(13)23-20(14)21(25)12-6-7-17-18(8-12)29-11-28-17/h2-8,16,21,23H,9-11H2,1H3/t16-,21-/m1/s1/i1D3,6D,7D,8D,11D2,16D,21D. The van der Waals surface area contributed by atoms with Gasteiger partial charge in [0.05, 0.1) is 19.4 Å². The van der Waals surface area contributed by atoms with Gasteiger partial charge in [0, 0.05) is 34.1 Å². The maximum Gasteiger partial charge on any atom is 0.245 e. The minimum Gasteiger partial charge on any atom is -0.454 e. The van der Waals surface area contributed by atoms with Gasteiger partial charge in [-0.2, -0.15) is 0 Å². The number of para-hydroxylation sites is 1. The average Bonchev–Trinajstić information content (AvgIpc) is 3.37. The van der Waals surface area contributed by atoms with Gasteiger partial charge >= 0.3 is 0 Å². The van der Waals surface area contributed by atoms with Gasteiger partial charge in [-0.3, -0.25) is 9.59 Å². The number of likely N-dealkylation sites (N-methyl/N-ethyl adjacent to an activating group) is 1. The van der Waals surface area contributed by atoms with Gasteiger partial charge in [-0.1, -0.05) is 24.2 Å². The Hall–Kier alpha value is -3.48. The number of aromatic amines is 1. The van der Waals surface area contributed by atoms with Crippen LogP contribution in [-0.4, -0.2) is 52.9 Å². The first-order chi connectivity index (χ1) is 18.0. The van der Waals surface area contributed by atoms with Crippen molar-refractivity contribution < 1.29 is 32.8 Å². The zero-order chi connectivity index (χ0) is 28.4. The summed E-state index contributed by atoms with van der Waals surface area (Å²) in [7, 11) is 0. The number of carbonyl (C=O) groups is 2. The predicted octanol–water partition coefficient (Wildman–Crippen LogP) is 2.21. The first-order valence-corrected chi connectivity index (χ1v) is 8.80. The third-order valence-electron chi connectivity index (χ3n) is 5.19. The maximum atomic E-state index is 13.6. The normalized spacial score (nSPS) is 35.0. The maximum absolute atomic E-state index is 13.6. The molecule has 3 aliphatic rings. The number of fused-ring (bicyclic) bond motifs is 5. The molecule has 7 nitrogen and oxygen atoms in total. The lowest BCUT2D eigenvalue weighted by atomic mass is 9.86. The number of amides is 2. The summed E-state index contributed by atoms with van der Waals surface area (Å²) in [6, 6.07) is -0.995. The Balaban J connectivity index is 1.71. The molecule has 0 radical (unpaired) electrons. The quantitative estimate of drug-likeness (QED) is 0.681. The fourth-order valence-electron chi connectivity index (χ4n) is 3.94. The molecule has 0 aliphatic carbocycles. The number of rotatable bonds is 1. The molecule has 3 aromatic rings. The molecule has 7 heteroatoms. The number of ether oxygens (including phenoxy) is 2. The van der Waals surface area contributed by atoms with Crippen molar-refractivity contribution >= 4 is 22.7 Å². The Morgan fingerprint density at radius 1 is 1.28 bits per heavy atom. The van der Waals surface area contributed by atoms with Gasteiger partial charge in [-0.25, -0.2) is 0 Å². The van der Waals surface area contributed by atoms with E-state index < -0.39 is 85.7 Å². The van der Waals surface area contributed by atoms with E-state index in [4.69, 9.17) is 20.4 Å². The highest BCUT2D eigenvalue weighted by molar-refractivity contribution is 5.97. The summed E-state index contributed by atoms with van der Waals surface area (Å²) in [4.78, 5) is 31.1. The molecule has 4 heterocycles. The number of H-pyrrole nitrogens is 1. The summed E-state index contributed by atoms with van der Waals surface area (Å²) >= 11 is 0. The first-order valence-electron chi connectivity index (χ1n) is 13.8. The van der Waals surface area contributed by atoms with Gasteiger partial charge in [0.2, 0.25) is 18.6 Å². The highest BCUT2D eigenvalue weighted by Gasteiger charge is 2.47. The van der Waals surface area contributed by atoms with E-state index in [0.717, 1.165) is 0 Å². The second-order valence-corrected chi connectivity index (χ2v) is 6.81. The third kappa shape index (κ3) is 2.24. The van der Waals surface area contributed by atoms with E-state index in [9.17, 15) is 12.3 Å². The minimum atomic E-state index is -3.06. The van der Waals surface area contributed by atoms with Crippen molar-refractivity contribution in [1.82, 2.24) is 14.8 Å². The fraction of sp³-hybridized carbons (Fsp3) is 0.273. The molecule has 2 aromatic carbocycles. The highest BCUT2D eigenvalue weighted by atomic mass is 16.7. The molecule has 0 spiro atoms. The van der Waals surface area contributed by atoms with Gasteiger partial charge in [0.1, 0.15) is 8.76 Å². The Kier molecular flexibility index (Phi) is 1.86. The van der Waals surface area contributed by atoms with Crippen LogP contribution in [0, 0.1) is 0 Å². The van der Waals surface area contributed by atoms with Crippen LogP contribution in [0.3, 0.4) is 0 Å². The van der Waals surface area contributed by atoms with Gasteiger partial charge < -0.3 is 24.3 Å². The number of hydrogen-bond acceptors (Lipinski definition) is 4. The van der Waals surface area contributed by atoms with E-state index in [1.165, 1.54) is 0 Å². The van der Waals surface area contributed by atoms with E-state index in [-0.39, 0.29) is 11.3 Å². The van der Waals surface area contributed by atoms with E-state index in [2.05, 4.69) is 4.98 Å². The van der Waals surface area contributed by atoms with Gasteiger partial charge in [-0.05, 0) is 29.3 Å². The molecule has 2 atom stereocenters. The average molecular weight is 399 g/mol. The number of nitrogens with zero attached hydrogens (tertiary/aromatic N) is 2. The van der Waals surface area contributed by atoms with Crippen LogP contribution in [0.5, 0.6) is 11.5 Å². The molecule has 0 bridgehead atoms. The van der Waals surface area contributed by atoms with Crippen molar-refractivity contribution in [2.24, 2.45) is 0 Å².